The van der Waals surface area contributed by atoms with Crippen LogP contribution in [0.2, 0.25) is 0 Å². The smallest absolute Gasteiger partial charge is 0.197 e. The highest BCUT2D eigenvalue weighted by atomic mass is 32.2. The van der Waals surface area contributed by atoms with Crippen molar-refractivity contribution in [2.24, 2.45) is 0 Å². The lowest BCUT2D eigenvalue weighted by atomic mass is 10.2. The van der Waals surface area contributed by atoms with Gasteiger partial charge in [-0.05, 0) is 5.56 Å². The topological polar surface area (TPSA) is 51.8 Å². The Hall–Kier alpha value is -2.40. The van der Waals surface area contributed by atoms with E-state index in [-0.39, 0.29) is 10.8 Å². The van der Waals surface area contributed by atoms with E-state index >= 15 is 0 Å². The predicted molar refractivity (Wildman–Crippen MR) is 87.8 cm³/mol. The maximum atomic E-state index is 14.1. The summed E-state index contributed by atoms with van der Waals surface area (Å²) in [6.45, 7) is 0. The van der Waals surface area contributed by atoms with Gasteiger partial charge in [0, 0.05) is 11.3 Å². The molecule has 0 saturated heterocycles. The van der Waals surface area contributed by atoms with Crippen LogP contribution in [0.5, 0.6) is 0 Å². The van der Waals surface area contributed by atoms with Crippen LogP contribution in [0.25, 0.3) is 11.4 Å². The standard InChI is InChI=1S/C17H14FN3S/c18-14-15(19)20-16(13-9-5-2-6-10-13)21-17(14)22-11-12-7-3-1-4-8-12/h1-10H,11H2,(H2,19,20,21). The molecule has 1 heterocycles. The van der Waals surface area contributed by atoms with E-state index in [2.05, 4.69) is 9.97 Å². The van der Waals surface area contributed by atoms with Crippen molar-refractivity contribution in [1.82, 2.24) is 9.97 Å². The second kappa shape index (κ2) is 6.58. The van der Waals surface area contributed by atoms with Gasteiger partial charge in [-0.15, -0.1) is 0 Å². The van der Waals surface area contributed by atoms with Crippen LogP contribution in [-0.4, -0.2) is 9.97 Å². The van der Waals surface area contributed by atoms with E-state index in [4.69, 9.17) is 5.73 Å². The molecule has 0 spiro atoms. The molecule has 3 aromatic rings. The Labute approximate surface area is 132 Å². The number of rotatable bonds is 4. The molecule has 0 aliphatic carbocycles. The van der Waals surface area contributed by atoms with Gasteiger partial charge in [0.05, 0.1) is 0 Å². The molecule has 2 aromatic carbocycles. The Morgan fingerprint density at radius 1 is 0.909 bits per heavy atom. The van der Waals surface area contributed by atoms with E-state index in [0.717, 1.165) is 11.1 Å². The first-order valence-corrected chi connectivity index (χ1v) is 7.78. The molecular formula is C17H14FN3S. The van der Waals surface area contributed by atoms with E-state index in [1.54, 1.807) is 0 Å². The Bertz CT molecular complexity index is 764. The summed E-state index contributed by atoms with van der Waals surface area (Å²) in [7, 11) is 0. The van der Waals surface area contributed by atoms with Crippen molar-refractivity contribution in [2.75, 3.05) is 5.73 Å². The van der Waals surface area contributed by atoms with Gasteiger partial charge in [0.25, 0.3) is 0 Å². The normalized spacial score (nSPS) is 10.6. The largest absolute Gasteiger partial charge is 0.381 e. The minimum Gasteiger partial charge on any atom is -0.381 e. The van der Waals surface area contributed by atoms with Crippen LogP contribution < -0.4 is 5.73 Å². The van der Waals surface area contributed by atoms with Crippen LogP contribution in [0.1, 0.15) is 5.56 Å². The minimum atomic E-state index is -0.555. The van der Waals surface area contributed by atoms with Crippen molar-refractivity contribution in [3.05, 3.63) is 72.0 Å². The Balaban J connectivity index is 1.89. The van der Waals surface area contributed by atoms with E-state index in [1.807, 2.05) is 60.7 Å². The number of halogens is 1. The van der Waals surface area contributed by atoms with Gasteiger partial charge >= 0.3 is 0 Å². The predicted octanol–water partition coefficient (Wildman–Crippen LogP) is 4.16. The Morgan fingerprint density at radius 2 is 1.55 bits per heavy atom. The highest BCUT2D eigenvalue weighted by Gasteiger charge is 2.14. The third-order valence-electron chi connectivity index (χ3n) is 3.10. The van der Waals surface area contributed by atoms with Crippen LogP contribution in [-0.2, 0) is 5.75 Å². The Morgan fingerprint density at radius 3 is 2.23 bits per heavy atom. The summed E-state index contributed by atoms with van der Waals surface area (Å²) in [5, 5.41) is 0.273. The number of anilines is 1. The number of nitrogen functional groups attached to an aromatic ring is 1. The summed E-state index contributed by atoms with van der Waals surface area (Å²) in [5.74, 6) is 0.391. The number of thioether (sulfide) groups is 1. The number of hydrogen-bond donors (Lipinski definition) is 1. The number of aromatic nitrogens is 2. The molecule has 0 aliphatic heterocycles. The highest BCUT2D eigenvalue weighted by molar-refractivity contribution is 7.98. The fourth-order valence-electron chi connectivity index (χ4n) is 1.98. The first-order chi connectivity index (χ1) is 10.7. The molecule has 0 fully saturated rings. The van der Waals surface area contributed by atoms with Gasteiger partial charge in [0.2, 0.25) is 0 Å². The van der Waals surface area contributed by atoms with Crippen molar-refractivity contribution in [2.45, 2.75) is 10.8 Å². The molecule has 0 unspecified atom stereocenters. The molecule has 1 aromatic heterocycles. The first kappa shape index (κ1) is 14.5. The molecule has 110 valence electrons. The lowest BCUT2D eigenvalue weighted by Gasteiger charge is -2.07. The van der Waals surface area contributed by atoms with Gasteiger partial charge in [0.15, 0.2) is 17.5 Å². The van der Waals surface area contributed by atoms with E-state index in [9.17, 15) is 4.39 Å². The van der Waals surface area contributed by atoms with Crippen LogP contribution in [0.3, 0.4) is 0 Å². The summed E-state index contributed by atoms with van der Waals surface area (Å²) in [6.07, 6.45) is 0. The zero-order chi connectivity index (χ0) is 15.4. The van der Waals surface area contributed by atoms with E-state index in [1.165, 1.54) is 11.8 Å². The molecule has 0 bridgehead atoms. The number of hydrogen-bond acceptors (Lipinski definition) is 4. The van der Waals surface area contributed by atoms with Gasteiger partial charge in [-0.3, -0.25) is 0 Å². The number of nitrogens with two attached hydrogens (primary N) is 1. The maximum absolute atomic E-state index is 14.1. The van der Waals surface area contributed by atoms with Crippen LogP contribution >= 0.6 is 11.8 Å². The molecule has 22 heavy (non-hydrogen) atoms. The van der Waals surface area contributed by atoms with Crippen molar-refractivity contribution in [1.29, 1.82) is 0 Å². The lowest BCUT2D eigenvalue weighted by Crippen LogP contribution is -2.02. The minimum absolute atomic E-state index is 0.121. The Kier molecular flexibility index (Phi) is 4.34. The average molecular weight is 311 g/mol. The molecule has 0 atom stereocenters. The van der Waals surface area contributed by atoms with Gasteiger partial charge < -0.3 is 5.73 Å². The van der Waals surface area contributed by atoms with Gasteiger partial charge in [-0.1, -0.05) is 72.4 Å². The molecule has 0 saturated carbocycles. The molecule has 3 rings (SSSR count). The molecule has 3 nitrogen and oxygen atoms in total. The van der Waals surface area contributed by atoms with Crippen molar-refractivity contribution >= 4 is 17.6 Å². The summed E-state index contributed by atoms with van der Waals surface area (Å²) < 4.78 is 14.1. The molecule has 0 radical (unpaired) electrons. The zero-order valence-electron chi connectivity index (χ0n) is 11.7. The molecule has 2 N–H and O–H groups in total. The lowest BCUT2D eigenvalue weighted by molar-refractivity contribution is 0.586. The molecular weight excluding hydrogens is 297 g/mol. The van der Waals surface area contributed by atoms with Crippen LogP contribution in [0, 0.1) is 5.82 Å². The highest BCUT2D eigenvalue weighted by Crippen LogP contribution is 2.28. The van der Waals surface area contributed by atoms with Gasteiger partial charge in [-0.25, -0.2) is 9.97 Å². The number of nitrogens with zero attached hydrogens (tertiary/aromatic N) is 2. The van der Waals surface area contributed by atoms with Gasteiger partial charge in [-0.2, -0.15) is 4.39 Å². The second-order valence-corrected chi connectivity index (χ2v) is 5.66. The van der Waals surface area contributed by atoms with Gasteiger partial charge in [0.1, 0.15) is 5.03 Å². The third kappa shape index (κ3) is 3.26. The maximum Gasteiger partial charge on any atom is 0.197 e. The SMILES string of the molecule is Nc1nc(-c2ccccc2)nc(SCc2ccccc2)c1F. The third-order valence-corrected chi connectivity index (χ3v) is 4.12. The summed E-state index contributed by atoms with van der Waals surface area (Å²) >= 11 is 1.32. The fraction of sp³-hybridized carbons (Fsp3) is 0.0588. The summed E-state index contributed by atoms with van der Waals surface area (Å²) in [4.78, 5) is 8.35. The van der Waals surface area contributed by atoms with E-state index < -0.39 is 5.82 Å². The monoisotopic (exact) mass is 311 g/mol. The van der Waals surface area contributed by atoms with E-state index in [0.29, 0.717) is 11.6 Å². The second-order valence-electron chi connectivity index (χ2n) is 4.69. The van der Waals surface area contributed by atoms with Crippen LogP contribution in [0.4, 0.5) is 10.2 Å². The quantitative estimate of drug-likeness (QED) is 0.581. The average Bonchev–Trinajstić information content (AvgIpc) is 2.58. The van der Waals surface area contributed by atoms with Crippen molar-refractivity contribution < 1.29 is 4.39 Å². The van der Waals surface area contributed by atoms with Crippen molar-refractivity contribution in [3.8, 4) is 11.4 Å². The number of benzene rings is 2. The van der Waals surface area contributed by atoms with Crippen LogP contribution in [0.15, 0.2) is 65.7 Å². The molecule has 5 heteroatoms. The zero-order valence-corrected chi connectivity index (χ0v) is 12.6. The fourth-order valence-corrected chi connectivity index (χ4v) is 2.86. The molecule has 0 aliphatic rings. The molecule has 0 amide bonds. The first-order valence-electron chi connectivity index (χ1n) is 6.79. The summed E-state index contributed by atoms with van der Waals surface area (Å²) in [5.41, 5.74) is 7.61. The summed E-state index contributed by atoms with van der Waals surface area (Å²) in [6, 6.07) is 19.3. The van der Waals surface area contributed by atoms with Crippen molar-refractivity contribution in [3.63, 3.8) is 0 Å².